The molecular weight excluding hydrogens is 829 g/mol. The van der Waals surface area contributed by atoms with Gasteiger partial charge in [-0.3, -0.25) is 14.4 Å². The second-order valence-electron chi connectivity index (χ2n) is 20.6. The maximum atomic E-state index is 12.8. The summed E-state index contributed by atoms with van der Waals surface area (Å²) in [5, 5.41) is 0. The first-order chi connectivity index (χ1) is 33.0. The number of carbonyl (C=O) groups is 3. The first kappa shape index (κ1) is 65.1. The fourth-order valence-corrected chi connectivity index (χ4v) is 9.21. The van der Waals surface area contributed by atoms with Crippen molar-refractivity contribution in [3.63, 3.8) is 0 Å². The van der Waals surface area contributed by atoms with Gasteiger partial charge in [-0.05, 0) is 44.9 Å². The molecule has 0 aliphatic heterocycles. The van der Waals surface area contributed by atoms with E-state index in [4.69, 9.17) is 14.2 Å². The minimum Gasteiger partial charge on any atom is -0.462 e. The molecule has 1 unspecified atom stereocenters. The molecule has 0 bridgehead atoms. The van der Waals surface area contributed by atoms with Crippen molar-refractivity contribution in [2.75, 3.05) is 13.2 Å². The van der Waals surface area contributed by atoms with E-state index in [9.17, 15) is 14.4 Å². The predicted molar refractivity (Wildman–Crippen MR) is 289 cm³/mol. The number of carbonyl (C=O) groups excluding carboxylic acids is 3. The lowest BCUT2D eigenvalue weighted by atomic mass is 10.0. The van der Waals surface area contributed by atoms with Gasteiger partial charge in [0.1, 0.15) is 13.2 Å². The fraction of sp³-hybridized carbons (Fsp3) is 0.918. The van der Waals surface area contributed by atoms with Gasteiger partial charge in [0, 0.05) is 19.3 Å². The number of allylic oxidation sites excluding steroid dienone is 2. The zero-order chi connectivity index (χ0) is 48.6. The van der Waals surface area contributed by atoms with Crippen molar-refractivity contribution in [1.82, 2.24) is 0 Å². The van der Waals surface area contributed by atoms with E-state index >= 15 is 0 Å². The average Bonchev–Trinajstić information content (AvgIpc) is 3.33. The van der Waals surface area contributed by atoms with Gasteiger partial charge in [0.25, 0.3) is 0 Å². The summed E-state index contributed by atoms with van der Waals surface area (Å²) in [7, 11) is 0. The second kappa shape index (κ2) is 56.7. The number of esters is 3. The topological polar surface area (TPSA) is 78.9 Å². The van der Waals surface area contributed by atoms with Crippen molar-refractivity contribution in [1.29, 1.82) is 0 Å². The molecule has 6 heteroatoms. The monoisotopic (exact) mass is 945 g/mol. The summed E-state index contributed by atoms with van der Waals surface area (Å²) in [6, 6.07) is 0. The van der Waals surface area contributed by atoms with E-state index in [-0.39, 0.29) is 31.1 Å². The van der Waals surface area contributed by atoms with Crippen LogP contribution in [0.1, 0.15) is 342 Å². The molecule has 0 aromatic rings. The van der Waals surface area contributed by atoms with Crippen LogP contribution in [-0.2, 0) is 28.6 Å². The molecule has 6 nitrogen and oxygen atoms in total. The molecule has 0 amide bonds. The first-order valence-corrected chi connectivity index (χ1v) is 30.2. The molecule has 67 heavy (non-hydrogen) atoms. The van der Waals surface area contributed by atoms with Crippen LogP contribution in [-0.4, -0.2) is 37.2 Å². The summed E-state index contributed by atoms with van der Waals surface area (Å²) < 4.78 is 16.8. The lowest BCUT2D eigenvalue weighted by Gasteiger charge is -2.18. The highest BCUT2D eigenvalue weighted by Crippen LogP contribution is 2.17. The Balaban J connectivity index is 4.05. The van der Waals surface area contributed by atoms with Gasteiger partial charge in [-0.1, -0.05) is 290 Å². The molecule has 0 spiro atoms. The van der Waals surface area contributed by atoms with E-state index in [0.717, 1.165) is 57.8 Å². The van der Waals surface area contributed by atoms with E-state index in [1.807, 2.05) is 0 Å². The smallest absolute Gasteiger partial charge is 0.306 e. The summed E-state index contributed by atoms with van der Waals surface area (Å²) >= 11 is 0. The third kappa shape index (κ3) is 55.0. The van der Waals surface area contributed by atoms with E-state index in [1.165, 1.54) is 244 Å². The molecule has 1 atom stereocenters. The standard InChI is InChI=1S/C61H116O6/c1-4-7-10-13-16-19-21-23-25-26-27-28-29-30-31-32-33-34-35-36-37-39-40-42-45-48-51-54-60(63)66-57-58(56-65-59(62)53-50-47-44-18-15-12-9-6-3)67-61(64)55-52-49-46-43-41-38-24-22-20-17-14-11-8-5-2/h26-27,58H,4-25,28-57H2,1-3H3/b27-26-. The maximum absolute atomic E-state index is 12.8. The summed E-state index contributed by atoms with van der Waals surface area (Å²) in [4.78, 5) is 38.0. The summed E-state index contributed by atoms with van der Waals surface area (Å²) in [5.74, 6) is -0.845. The number of ether oxygens (including phenoxy) is 3. The van der Waals surface area contributed by atoms with Crippen molar-refractivity contribution in [2.45, 2.75) is 348 Å². The Bertz CT molecular complexity index is 1040. The highest BCUT2D eigenvalue weighted by molar-refractivity contribution is 5.71. The maximum Gasteiger partial charge on any atom is 0.306 e. The van der Waals surface area contributed by atoms with Gasteiger partial charge in [0.05, 0.1) is 0 Å². The van der Waals surface area contributed by atoms with Gasteiger partial charge in [-0.15, -0.1) is 0 Å². The van der Waals surface area contributed by atoms with Gasteiger partial charge < -0.3 is 14.2 Å². The van der Waals surface area contributed by atoms with Gasteiger partial charge in [0.15, 0.2) is 6.10 Å². The Morgan fingerprint density at radius 1 is 0.284 bits per heavy atom. The third-order valence-corrected chi connectivity index (χ3v) is 13.8. The molecule has 0 radical (unpaired) electrons. The molecule has 0 saturated heterocycles. The van der Waals surface area contributed by atoms with Crippen LogP contribution in [0.15, 0.2) is 12.2 Å². The van der Waals surface area contributed by atoms with Gasteiger partial charge in [0.2, 0.25) is 0 Å². The van der Waals surface area contributed by atoms with Crippen LogP contribution in [0.2, 0.25) is 0 Å². The average molecular weight is 946 g/mol. The first-order valence-electron chi connectivity index (χ1n) is 30.2. The van der Waals surface area contributed by atoms with E-state index < -0.39 is 6.10 Å². The van der Waals surface area contributed by atoms with E-state index in [0.29, 0.717) is 19.3 Å². The van der Waals surface area contributed by atoms with Crippen molar-refractivity contribution in [3.05, 3.63) is 12.2 Å². The second-order valence-corrected chi connectivity index (χ2v) is 20.6. The predicted octanol–water partition coefficient (Wildman–Crippen LogP) is 20.1. The highest BCUT2D eigenvalue weighted by atomic mass is 16.6. The quantitative estimate of drug-likeness (QED) is 0.0262. The van der Waals surface area contributed by atoms with Crippen LogP contribution in [0.4, 0.5) is 0 Å². The molecular formula is C61H116O6. The fourth-order valence-electron chi connectivity index (χ4n) is 9.21. The third-order valence-electron chi connectivity index (χ3n) is 13.8. The number of hydrogen-bond donors (Lipinski definition) is 0. The van der Waals surface area contributed by atoms with Crippen molar-refractivity contribution in [2.24, 2.45) is 0 Å². The lowest BCUT2D eigenvalue weighted by Crippen LogP contribution is -2.30. The molecule has 0 aromatic heterocycles. The van der Waals surface area contributed by atoms with Crippen LogP contribution in [0.5, 0.6) is 0 Å². The minimum absolute atomic E-state index is 0.0638. The van der Waals surface area contributed by atoms with Gasteiger partial charge in [-0.25, -0.2) is 0 Å². The SMILES string of the molecule is CCCCCCCCCC/C=C\CCCCCCCCCCCCCCCCCC(=O)OCC(COC(=O)CCCCCCCCCC)OC(=O)CCCCCCCCCCCCCCCC. The molecule has 0 aliphatic carbocycles. The number of hydrogen-bond acceptors (Lipinski definition) is 6. The summed E-state index contributed by atoms with van der Waals surface area (Å²) in [5.41, 5.74) is 0. The Morgan fingerprint density at radius 2 is 0.493 bits per heavy atom. The Hall–Kier alpha value is -1.85. The zero-order valence-electron chi connectivity index (χ0n) is 45.5. The van der Waals surface area contributed by atoms with Crippen molar-refractivity contribution < 1.29 is 28.6 Å². The molecule has 0 aromatic carbocycles. The van der Waals surface area contributed by atoms with Gasteiger partial charge >= 0.3 is 17.9 Å². The Morgan fingerprint density at radius 3 is 0.746 bits per heavy atom. The molecule has 396 valence electrons. The van der Waals surface area contributed by atoms with Crippen molar-refractivity contribution in [3.8, 4) is 0 Å². The van der Waals surface area contributed by atoms with E-state index in [1.54, 1.807) is 0 Å². The molecule has 0 saturated carbocycles. The Kier molecular flexibility index (Phi) is 55.2. The number of unbranched alkanes of at least 4 members (excludes halogenated alkanes) is 43. The highest BCUT2D eigenvalue weighted by Gasteiger charge is 2.19. The van der Waals surface area contributed by atoms with E-state index in [2.05, 4.69) is 32.9 Å². The van der Waals surface area contributed by atoms with Crippen LogP contribution in [0, 0.1) is 0 Å². The zero-order valence-corrected chi connectivity index (χ0v) is 45.5. The van der Waals surface area contributed by atoms with Crippen molar-refractivity contribution >= 4 is 17.9 Å². The van der Waals surface area contributed by atoms with Crippen LogP contribution in [0.3, 0.4) is 0 Å². The molecule has 0 N–H and O–H groups in total. The summed E-state index contributed by atoms with van der Waals surface area (Å²) in [6.07, 6.45) is 65.2. The number of rotatable bonds is 56. The Labute approximate surface area is 418 Å². The minimum atomic E-state index is -0.762. The molecule has 0 fully saturated rings. The molecule has 0 aliphatic rings. The van der Waals surface area contributed by atoms with Crippen LogP contribution in [0.25, 0.3) is 0 Å². The summed E-state index contributed by atoms with van der Waals surface area (Å²) in [6.45, 7) is 6.66. The van der Waals surface area contributed by atoms with Crippen LogP contribution < -0.4 is 0 Å². The largest absolute Gasteiger partial charge is 0.462 e. The normalized spacial score (nSPS) is 12.0. The van der Waals surface area contributed by atoms with Crippen LogP contribution >= 0.6 is 0 Å². The van der Waals surface area contributed by atoms with Gasteiger partial charge in [-0.2, -0.15) is 0 Å². The molecule has 0 rings (SSSR count). The molecule has 0 heterocycles. The lowest BCUT2D eigenvalue weighted by molar-refractivity contribution is -0.167.